The molecule has 1 aliphatic carbocycles. The Hall–Kier alpha value is -2.14. The third kappa shape index (κ3) is 3.21. The van der Waals surface area contributed by atoms with E-state index in [4.69, 9.17) is 4.98 Å². The summed E-state index contributed by atoms with van der Waals surface area (Å²) in [5.74, 6) is 1.72. The number of nitrogens with zero attached hydrogens (tertiary/aromatic N) is 3. The number of aliphatic hydroxyl groups is 1. The molecular formula is C20H26N4O. The van der Waals surface area contributed by atoms with Gasteiger partial charge in [0.1, 0.15) is 11.3 Å². The van der Waals surface area contributed by atoms with Crippen LogP contribution < -0.4 is 4.90 Å². The third-order valence-electron chi connectivity index (χ3n) is 5.28. The van der Waals surface area contributed by atoms with Crippen LogP contribution in [0.1, 0.15) is 50.0 Å². The van der Waals surface area contributed by atoms with E-state index in [0.29, 0.717) is 0 Å². The fraction of sp³-hybridized carbons (Fsp3) is 0.500. The Labute approximate surface area is 148 Å². The molecule has 1 atom stereocenters. The Kier molecular flexibility index (Phi) is 4.57. The van der Waals surface area contributed by atoms with E-state index in [1.807, 2.05) is 6.92 Å². The molecule has 0 aromatic carbocycles. The SMILES string of the molecule is Cc1nc(N2CCCCC2CO)c2[nH]c(C3=CC=CCCC3)cc2n1. The summed E-state index contributed by atoms with van der Waals surface area (Å²) in [6.07, 6.45) is 13.3. The van der Waals surface area contributed by atoms with Crippen molar-refractivity contribution in [3.8, 4) is 0 Å². The molecule has 1 aliphatic heterocycles. The molecule has 2 aromatic heterocycles. The lowest BCUT2D eigenvalue weighted by atomic mass is 10.0. The largest absolute Gasteiger partial charge is 0.394 e. The van der Waals surface area contributed by atoms with Crippen LogP contribution in [0.5, 0.6) is 0 Å². The summed E-state index contributed by atoms with van der Waals surface area (Å²) >= 11 is 0. The van der Waals surface area contributed by atoms with E-state index in [0.717, 1.165) is 60.6 Å². The molecule has 0 saturated carbocycles. The van der Waals surface area contributed by atoms with E-state index in [-0.39, 0.29) is 12.6 Å². The topological polar surface area (TPSA) is 65.0 Å². The lowest BCUT2D eigenvalue weighted by Gasteiger charge is -2.35. The van der Waals surface area contributed by atoms with E-state index in [1.54, 1.807) is 0 Å². The number of fused-ring (bicyclic) bond motifs is 1. The van der Waals surface area contributed by atoms with Crippen LogP contribution in [-0.4, -0.2) is 39.3 Å². The van der Waals surface area contributed by atoms with E-state index >= 15 is 0 Å². The van der Waals surface area contributed by atoms with Gasteiger partial charge in [-0.05, 0) is 57.1 Å². The molecule has 4 rings (SSSR count). The molecule has 0 radical (unpaired) electrons. The summed E-state index contributed by atoms with van der Waals surface area (Å²) < 4.78 is 0. The van der Waals surface area contributed by atoms with Crippen LogP contribution in [0.15, 0.2) is 24.3 Å². The standard InChI is InChI=1S/C20H26N4O/c1-14-21-18-12-17(15-8-4-2-3-5-9-15)23-19(18)20(22-14)24-11-7-6-10-16(24)13-25/h2,4,8,12,16,23,25H,3,5-7,9-11,13H2,1H3. The highest BCUT2D eigenvalue weighted by molar-refractivity contribution is 5.90. The Balaban J connectivity index is 1.79. The zero-order valence-corrected chi connectivity index (χ0v) is 14.8. The third-order valence-corrected chi connectivity index (χ3v) is 5.28. The summed E-state index contributed by atoms with van der Waals surface area (Å²) in [5.41, 5.74) is 4.43. The van der Waals surface area contributed by atoms with Gasteiger partial charge in [0.15, 0.2) is 5.82 Å². The van der Waals surface area contributed by atoms with Crippen LogP contribution >= 0.6 is 0 Å². The van der Waals surface area contributed by atoms with E-state index in [9.17, 15) is 5.11 Å². The minimum atomic E-state index is 0.151. The fourth-order valence-corrected chi connectivity index (χ4v) is 3.96. The van der Waals surface area contributed by atoms with Gasteiger partial charge < -0.3 is 15.0 Å². The van der Waals surface area contributed by atoms with E-state index in [2.05, 4.69) is 39.2 Å². The van der Waals surface area contributed by atoms with Crippen molar-refractivity contribution in [1.29, 1.82) is 0 Å². The summed E-state index contributed by atoms with van der Waals surface area (Å²) in [6.45, 7) is 3.06. The minimum absolute atomic E-state index is 0.151. The van der Waals surface area contributed by atoms with Crippen LogP contribution in [0.3, 0.4) is 0 Å². The second kappa shape index (κ2) is 7.00. The molecule has 5 nitrogen and oxygen atoms in total. The first-order valence-electron chi connectivity index (χ1n) is 9.37. The molecule has 2 aliphatic rings. The van der Waals surface area contributed by atoms with Gasteiger partial charge in [0.25, 0.3) is 0 Å². The van der Waals surface area contributed by atoms with Crippen molar-refractivity contribution in [3.05, 3.63) is 35.8 Å². The van der Waals surface area contributed by atoms with Gasteiger partial charge in [-0.2, -0.15) is 0 Å². The lowest BCUT2D eigenvalue weighted by molar-refractivity contribution is 0.239. The van der Waals surface area contributed by atoms with Gasteiger partial charge in [-0.25, -0.2) is 9.97 Å². The molecule has 3 heterocycles. The molecule has 2 N–H and O–H groups in total. The second-order valence-corrected chi connectivity index (χ2v) is 7.08. The zero-order valence-electron chi connectivity index (χ0n) is 14.8. The van der Waals surface area contributed by atoms with Gasteiger partial charge in [-0.1, -0.05) is 18.2 Å². The number of aromatic amines is 1. The number of piperidine rings is 1. The minimum Gasteiger partial charge on any atom is -0.394 e. The molecule has 1 fully saturated rings. The molecule has 25 heavy (non-hydrogen) atoms. The number of nitrogens with one attached hydrogen (secondary N) is 1. The average Bonchev–Trinajstić information content (AvgIpc) is 2.87. The maximum Gasteiger partial charge on any atom is 0.157 e. The smallest absolute Gasteiger partial charge is 0.157 e. The second-order valence-electron chi connectivity index (χ2n) is 7.08. The first-order chi connectivity index (χ1) is 12.3. The maximum atomic E-state index is 9.79. The number of hydrogen-bond donors (Lipinski definition) is 2. The van der Waals surface area contributed by atoms with Crippen molar-refractivity contribution in [2.75, 3.05) is 18.1 Å². The predicted molar refractivity (Wildman–Crippen MR) is 102 cm³/mol. The van der Waals surface area contributed by atoms with E-state index in [1.165, 1.54) is 18.4 Å². The van der Waals surface area contributed by atoms with Crippen molar-refractivity contribution >= 4 is 22.4 Å². The summed E-state index contributed by atoms with van der Waals surface area (Å²) in [7, 11) is 0. The van der Waals surface area contributed by atoms with Crippen molar-refractivity contribution in [2.45, 2.75) is 51.5 Å². The summed E-state index contributed by atoms with van der Waals surface area (Å²) in [5, 5.41) is 9.79. The molecular weight excluding hydrogens is 312 g/mol. The van der Waals surface area contributed by atoms with Gasteiger partial charge in [-0.15, -0.1) is 0 Å². The fourth-order valence-electron chi connectivity index (χ4n) is 3.96. The van der Waals surface area contributed by atoms with Crippen LogP contribution in [-0.2, 0) is 0 Å². The van der Waals surface area contributed by atoms with Gasteiger partial charge >= 0.3 is 0 Å². The van der Waals surface area contributed by atoms with Crippen LogP contribution in [0.4, 0.5) is 5.82 Å². The van der Waals surface area contributed by atoms with Crippen molar-refractivity contribution in [1.82, 2.24) is 15.0 Å². The van der Waals surface area contributed by atoms with Crippen LogP contribution in [0, 0.1) is 6.92 Å². The molecule has 0 amide bonds. The molecule has 132 valence electrons. The summed E-state index contributed by atoms with van der Waals surface area (Å²) in [4.78, 5) is 15.2. The number of aryl methyl sites for hydroxylation is 1. The number of allylic oxidation sites excluding steroid dienone is 4. The van der Waals surface area contributed by atoms with Gasteiger partial charge in [-0.3, -0.25) is 0 Å². The Morgan fingerprint density at radius 2 is 2.20 bits per heavy atom. The number of anilines is 1. The lowest BCUT2D eigenvalue weighted by Crippen LogP contribution is -2.42. The number of H-pyrrole nitrogens is 1. The zero-order chi connectivity index (χ0) is 17.2. The summed E-state index contributed by atoms with van der Waals surface area (Å²) in [6, 6.07) is 2.30. The molecule has 1 saturated heterocycles. The first kappa shape index (κ1) is 16.3. The van der Waals surface area contributed by atoms with Crippen molar-refractivity contribution in [2.24, 2.45) is 0 Å². The Morgan fingerprint density at radius 3 is 3.08 bits per heavy atom. The first-order valence-corrected chi connectivity index (χ1v) is 9.37. The molecule has 1 unspecified atom stereocenters. The maximum absolute atomic E-state index is 9.79. The van der Waals surface area contributed by atoms with Crippen molar-refractivity contribution in [3.63, 3.8) is 0 Å². The predicted octanol–water partition coefficient (Wildman–Crippen LogP) is 3.74. The highest BCUT2D eigenvalue weighted by Crippen LogP contribution is 2.32. The Morgan fingerprint density at radius 1 is 1.28 bits per heavy atom. The average molecular weight is 338 g/mol. The van der Waals surface area contributed by atoms with Gasteiger partial charge in [0, 0.05) is 12.2 Å². The molecule has 0 bridgehead atoms. The molecule has 0 spiro atoms. The molecule has 2 aromatic rings. The van der Waals surface area contributed by atoms with E-state index < -0.39 is 0 Å². The normalized spacial score (nSPS) is 21.4. The highest BCUT2D eigenvalue weighted by Gasteiger charge is 2.26. The van der Waals surface area contributed by atoms with Crippen LogP contribution in [0.2, 0.25) is 0 Å². The number of aliphatic hydroxyl groups excluding tert-OH is 1. The monoisotopic (exact) mass is 338 g/mol. The van der Waals surface area contributed by atoms with Crippen molar-refractivity contribution < 1.29 is 5.11 Å². The van der Waals surface area contributed by atoms with Gasteiger partial charge in [0.2, 0.25) is 0 Å². The van der Waals surface area contributed by atoms with Crippen LogP contribution in [0.25, 0.3) is 16.6 Å². The van der Waals surface area contributed by atoms with Gasteiger partial charge in [0.05, 0.1) is 18.2 Å². The number of rotatable bonds is 3. The number of hydrogen-bond acceptors (Lipinski definition) is 4. The number of aromatic nitrogens is 3. The quantitative estimate of drug-likeness (QED) is 0.895. The molecule has 5 heteroatoms. The Bertz CT molecular complexity index is 820. The highest BCUT2D eigenvalue weighted by atomic mass is 16.3.